The maximum atomic E-state index is 9.25. The Bertz CT molecular complexity index is 607. The van der Waals surface area contributed by atoms with Gasteiger partial charge < -0.3 is 0 Å². The molecule has 0 heterocycles. The number of hydrogen-bond acceptors (Lipinski definition) is 1. The van der Waals surface area contributed by atoms with E-state index in [-0.39, 0.29) is 0 Å². The van der Waals surface area contributed by atoms with Crippen molar-refractivity contribution < 1.29 is 0 Å². The lowest BCUT2D eigenvalue weighted by Crippen LogP contribution is -2.11. The highest BCUT2D eigenvalue weighted by molar-refractivity contribution is 5.47. The van der Waals surface area contributed by atoms with Gasteiger partial charge in [0, 0.05) is 5.92 Å². The Morgan fingerprint density at radius 2 is 1.67 bits per heavy atom. The Hall–Kier alpha value is -2.07. The Labute approximate surface area is 108 Å². The van der Waals surface area contributed by atoms with Crippen LogP contribution in [0.4, 0.5) is 0 Å². The first-order valence-corrected chi connectivity index (χ1v) is 6.47. The first-order valence-electron chi connectivity index (χ1n) is 6.47. The minimum absolute atomic E-state index is 0.394. The van der Waals surface area contributed by atoms with Crippen LogP contribution in [0.3, 0.4) is 0 Å². The summed E-state index contributed by atoms with van der Waals surface area (Å²) in [7, 11) is 0. The number of aryl methyl sites for hydroxylation is 1. The first-order chi connectivity index (χ1) is 8.90. The largest absolute Gasteiger partial charge is 0.192 e. The fraction of sp³-hybridized carbons (Fsp3) is 0.235. The smallest absolute Gasteiger partial charge is 0.0994 e. The highest BCUT2D eigenvalue weighted by atomic mass is 14.3. The van der Waals surface area contributed by atoms with E-state index in [1.54, 1.807) is 0 Å². The summed E-state index contributed by atoms with van der Waals surface area (Å²) in [5, 5.41) is 9.25. The summed E-state index contributed by atoms with van der Waals surface area (Å²) in [6.07, 6.45) is 3.53. The molecule has 1 atom stereocenters. The van der Waals surface area contributed by atoms with Crippen LogP contribution in [0.2, 0.25) is 0 Å². The fourth-order valence-corrected chi connectivity index (χ4v) is 2.98. The zero-order valence-electron chi connectivity index (χ0n) is 10.3. The van der Waals surface area contributed by atoms with Gasteiger partial charge in [-0.15, -0.1) is 0 Å². The molecule has 2 aromatic carbocycles. The molecule has 88 valence electrons. The van der Waals surface area contributed by atoms with Crippen LogP contribution < -0.4 is 0 Å². The monoisotopic (exact) mass is 233 g/mol. The van der Waals surface area contributed by atoms with Crippen molar-refractivity contribution >= 4 is 0 Å². The van der Waals surface area contributed by atoms with E-state index in [0.29, 0.717) is 5.92 Å². The summed E-state index contributed by atoms with van der Waals surface area (Å²) < 4.78 is 0. The summed E-state index contributed by atoms with van der Waals surface area (Å²) >= 11 is 0. The third-order valence-electron chi connectivity index (χ3n) is 3.83. The van der Waals surface area contributed by atoms with Crippen molar-refractivity contribution in [1.82, 2.24) is 0 Å². The lowest BCUT2D eigenvalue weighted by Gasteiger charge is -2.26. The van der Waals surface area contributed by atoms with Crippen LogP contribution in [0.25, 0.3) is 0 Å². The van der Waals surface area contributed by atoms with E-state index >= 15 is 0 Å². The lowest BCUT2D eigenvalue weighted by atomic mass is 9.78. The molecule has 0 amide bonds. The van der Waals surface area contributed by atoms with Gasteiger partial charge in [0.05, 0.1) is 11.6 Å². The molecule has 1 heteroatoms. The molecule has 18 heavy (non-hydrogen) atoms. The van der Waals surface area contributed by atoms with Crippen LogP contribution in [0.1, 0.15) is 41.0 Å². The summed E-state index contributed by atoms with van der Waals surface area (Å²) in [4.78, 5) is 0. The molecule has 0 spiro atoms. The van der Waals surface area contributed by atoms with Gasteiger partial charge in [-0.3, -0.25) is 0 Å². The van der Waals surface area contributed by atoms with E-state index in [2.05, 4.69) is 36.4 Å². The van der Waals surface area contributed by atoms with Gasteiger partial charge in [-0.25, -0.2) is 0 Å². The van der Waals surface area contributed by atoms with Gasteiger partial charge in [0.15, 0.2) is 0 Å². The van der Waals surface area contributed by atoms with E-state index in [0.717, 1.165) is 12.0 Å². The van der Waals surface area contributed by atoms with Crippen molar-refractivity contribution in [2.45, 2.75) is 25.2 Å². The van der Waals surface area contributed by atoms with E-state index in [1.165, 1.54) is 29.5 Å². The molecule has 2 aromatic rings. The molecule has 0 aliphatic heterocycles. The lowest BCUT2D eigenvalue weighted by molar-refractivity contribution is 0.615. The Kier molecular flexibility index (Phi) is 2.86. The summed E-state index contributed by atoms with van der Waals surface area (Å²) in [5.74, 6) is 0.394. The van der Waals surface area contributed by atoms with Crippen LogP contribution >= 0.6 is 0 Å². The van der Waals surface area contributed by atoms with Gasteiger partial charge in [-0.2, -0.15) is 5.26 Å². The maximum absolute atomic E-state index is 9.25. The predicted molar refractivity (Wildman–Crippen MR) is 72.4 cm³/mol. The summed E-state index contributed by atoms with van der Waals surface area (Å²) in [5.41, 5.74) is 4.86. The van der Waals surface area contributed by atoms with Crippen molar-refractivity contribution in [3.63, 3.8) is 0 Å². The molecule has 0 saturated heterocycles. The van der Waals surface area contributed by atoms with Gasteiger partial charge in [-0.1, -0.05) is 42.5 Å². The number of rotatable bonds is 1. The van der Waals surface area contributed by atoms with Crippen LogP contribution in [0, 0.1) is 11.3 Å². The molecule has 0 radical (unpaired) electrons. The number of fused-ring (bicyclic) bond motifs is 1. The van der Waals surface area contributed by atoms with Crippen molar-refractivity contribution in [2.75, 3.05) is 0 Å². The number of nitrogens with zero attached hydrogens (tertiary/aromatic N) is 1. The summed E-state index contributed by atoms with van der Waals surface area (Å²) in [6.45, 7) is 0. The van der Waals surface area contributed by atoms with Crippen LogP contribution in [0.5, 0.6) is 0 Å². The second-order valence-electron chi connectivity index (χ2n) is 4.84. The Morgan fingerprint density at radius 3 is 2.50 bits per heavy atom. The standard InChI is InChI=1S/C17H15N/c18-12-14-7-2-4-10-16(14)17-11-5-8-13-6-1-3-9-15(13)17/h1-4,6-7,9-10,17H,5,8,11H2. The predicted octanol–water partition coefficient (Wildman–Crippen LogP) is 4.03. The fourth-order valence-electron chi connectivity index (χ4n) is 2.98. The molecule has 0 N–H and O–H groups in total. The quantitative estimate of drug-likeness (QED) is 0.729. The SMILES string of the molecule is N#Cc1ccccc1C1CCCc2ccccc21. The molecule has 1 nitrogen and oxygen atoms in total. The van der Waals surface area contributed by atoms with Gasteiger partial charge in [-0.05, 0) is 42.0 Å². The zero-order chi connectivity index (χ0) is 12.4. The van der Waals surface area contributed by atoms with E-state index in [9.17, 15) is 5.26 Å². The second-order valence-corrected chi connectivity index (χ2v) is 4.84. The number of hydrogen-bond donors (Lipinski definition) is 0. The van der Waals surface area contributed by atoms with Crippen molar-refractivity contribution in [1.29, 1.82) is 5.26 Å². The number of nitriles is 1. The highest BCUT2D eigenvalue weighted by Gasteiger charge is 2.22. The molecule has 0 fully saturated rings. The van der Waals surface area contributed by atoms with Crippen LogP contribution in [-0.4, -0.2) is 0 Å². The Morgan fingerprint density at radius 1 is 0.944 bits per heavy atom. The molecular weight excluding hydrogens is 218 g/mol. The number of benzene rings is 2. The van der Waals surface area contributed by atoms with Gasteiger partial charge in [0.25, 0.3) is 0 Å². The van der Waals surface area contributed by atoms with Gasteiger partial charge in [0.1, 0.15) is 0 Å². The van der Waals surface area contributed by atoms with Gasteiger partial charge in [0.2, 0.25) is 0 Å². The Balaban J connectivity index is 2.12. The zero-order valence-corrected chi connectivity index (χ0v) is 10.3. The first kappa shape index (κ1) is 11.0. The van der Waals surface area contributed by atoms with Crippen molar-refractivity contribution in [2.24, 2.45) is 0 Å². The molecule has 3 rings (SSSR count). The average molecular weight is 233 g/mol. The van der Waals surface area contributed by atoms with Crippen molar-refractivity contribution in [3.05, 3.63) is 70.8 Å². The van der Waals surface area contributed by atoms with Gasteiger partial charge >= 0.3 is 0 Å². The van der Waals surface area contributed by atoms with Crippen LogP contribution in [0.15, 0.2) is 48.5 Å². The van der Waals surface area contributed by atoms with E-state index in [1.807, 2.05) is 18.2 Å². The minimum Gasteiger partial charge on any atom is -0.192 e. The van der Waals surface area contributed by atoms with Crippen LogP contribution in [-0.2, 0) is 6.42 Å². The molecule has 1 aliphatic carbocycles. The topological polar surface area (TPSA) is 23.8 Å². The molecule has 0 aromatic heterocycles. The molecular formula is C17H15N. The second kappa shape index (κ2) is 4.66. The van der Waals surface area contributed by atoms with Crippen molar-refractivity contribution in [3.8, 4) is 6.07 Å². The minimum atomic E-state index is 0.394. The molecule has 1 aliphatic rings. The third kappa shape index (κ3) is 1.80. The molecule has 1 unspecified atom stereocenters. The van der Waals surface area contributed by atoms with E-state index < -0.39 is 0 Å². The molecule has 0 saturated carbocycles. The average Bonchev–Trinajstić information content (AvgIpc) is 2.46. The third-order valence-corrected chi connectivity index (χ3v) is 3.83. The normalized spacial score (nSPS) is 17.8. The van der Waals surface area contributed by atoms with E-state index in [4.69, 9.17) is 0 Å². The highest BCUT2D eigenvalue weighted by Crippen LogP contribution is 2.37. The summed E-state index contributed by atoms with van der Waals surface area (Å²) in [6, 6.07) is 19.0. The maximum Gasteiger partial charge on any atom is 0.0994 e. The molecule has 0 bridgehead atoms.